The Bertz CT molecular complexity index is 903. The highest BCUT2D eigenvalue weighted by atomic mass is 16.3. The summed E-state index contributed by atoms with van der Waals surface area (Å²) in [7, 11) is 0. The first-order valence-corrected chi connectivity index (χ1v) is 10.6. The highest BCUT2D eigenvalue weighted by Gasteiger charge is 2.43. The van der Waals surface area contributed by atoms with Gasteiger partial charge in [0.05, 0.1) is 0 Å². The Morgan fingerprint density at radius 2 is 1.76 bits per heavy atom. The fraction of sp³-hybridized carbons (Fsp3) is 0.500. The molecule has 2 aliphatic heterocycles. The van der Waals surface area contributed by atoms with E-state index in [0.29, 0.717) is 12.0 Å². The minimum absolute atomic E-state index is 0.0250. The van der Waals surface area contributed by atoms with Crippen LogP contribution in [0, 0.1) is 5.41 Å². The molecule has 0 radical (unpaired) electrons. The number of hydrogen-bond acceptors (Lipinski definition) is 4. The highest BCUT2D eigenvalue weighted by molar-refractivity contribution is 6.05. The summed E-state index contributed by atoms with van der Waals surface area (Å²) in [5, 5.41) is 13.2. The third-order valence-corrected chi connectivity index (χ3v) is 6.34. The summed E-state index contributed by atoms with van der Waals surface area (Å²) in [5.41, 5.74) is 3.95. The number of phenols is 1. The molecule has 0 saturated carbocycles. The van der Waals surface area contributed by atoms with Gasteiger partial charge in [0.1, 0.15) is 5.75 Å². The summed E-state index contributed by atoms with van der Waals surface area (Å²) in [6.07, 6.45) is 4.47. The van der Waals surface area contributed by atoms with Crippen LogP contribution in [0.1, 0.15) is 64.4 Å². The Balaban J connectivity index is 1.82. The lowest BCUT2D eigenvalue weighted by Gasteiger charge is -2.41. The molecule has 4 rings (SSSR count). The molecule has 154 valence electrons. The topological polar surface area (TPSA) is 69.6 Å². The molecule has 5 heteroatoms. The molecule has 3 aliphatic rings. The van der Waals surface area contributed by atoms with Gasteiger partial charge in [-0.15, -0.1) is 0 Å². The minimum atomic E-state index is -0.384. The quantitative estimate of drug-likeness (QED) is 0.795. The Kier molecular flexibility index (Phi) is 5.01. The molecule has 29 heavy (non-hydrogen) atoms. The summed E-state index contributed by atoms with van der Waals surface area (Å²) in [6, 6.07) is 6.93. The van der Waals surface area contributed by atoms with E-state index in [1.807, 2.05) is 24.0 Å². The third kappa shape index (κ3) is 3.70. The highest BCUT2D eigenvalue weighted by Crippen LogP contribution is 2.47. The van der Waals surface area contributed by atoms with Crippen molar-refractivity contribution in [3.63, 3.8) is 0 Å². The maximum atomic E-state index is 13.6. The number of nitrogens with zero attached hydrogens (tertiary/aromatic N) is 1. The van der Waals surface area contributed by atoms with Crippen LogP contribution in [0.25, 0.3) is 0 Å². The van der Waals surface area contributed by atoms with Crippen molar-refractivity contribution >= 4 is 11.7 Å². The molecule has 0 bridgehead atoms. The second-order valence-electron chi connectivity index (χ2n) is 9.37. The van der Waals surface area contributed by atoms with Crippen molar-refractivity contribution in [2.45, 2.75) is 58.8 Å². The van der Waals surface area contributed by atoms with Gasteiger partial charge in [0, 0.05) is 48.0 Å². The van der Waals surface area contributed by atoms with Crippen molar-refractivity contribution in [3.05, 3.63) is 52.4 Å². The molecule has 1 fully saturated rings. The minimum Gasteiger partial charge on any atom is -0.508 e. The van der Waals surface area contributed by atoms with Crippen LogP contribution in [0.3, 0.4) is 0 Å². The number of piperidine rings is 1. The van der Waals surface area contributed by atoms with E-state index in [9.17, 15) is 14.7 Å². The number of aromatic hydroxyl groups is 1. The predicted octanol–water partition coefficient (Wildman–Crippen LogP) is 4.01. The zero-order valence-corrected chi connectivity index (χ0v) is 17.5. The number of likely N-dealkylation sites (tertiary alicyclic amines) is 1. The number of dihydropyridines is 1. The molecule has 1 aromatic rings. The lowest BCUT2D eigenvalue weighted by atomic mass is 9.68. The zero-order chi connectivity index (χ0) is 20.8. The van der Waals surface area contributed by atoms with Gasteiger partial charge >= 0.3 is 0 Å². The number of benzene rings is 1. The Morgan fingerprint density at radius 1 is 1.10 bits per heavy atom. The number of carbonyl (C=O) groups is 2. The molecule has 0 aromatic heterocycles. The lowest BCUT2D eigenvalue weighted by Crippen LogP contribution is -2.43. The van der Waals surface area contributed by atoms with Crippen molar-refractivity contribution in [2.24, 2.45) is 5.41 Å². The van der Waals surface area contributed by atoms with Crippen LogP contribution < -0.4 is 5.32 Å². The first-order chi connectivity index (χ1) is 13.8. The zero-order valence-electron chi connectivity index (χ0n) is 17.5. The van der Waals surface area contributed by atoms with Crippen LogP contribution in [0.2, 0.25) is 0 Å². The molecule has 5 nitrogen and oxygen atoms in total. The molecule has 2 N–H and O–H groups in total. The summed E-state index contributed by atoms with van der Waals surface area (Å²) in [4.78, 5) is 28.7. The average molecular weight is 395 g/mol. The molecule has 1 amide bonds. The van der Waals surface area contributed by atoms with Crippen molar-refractivity contribution in [1.82, 2.24) is 10.2 Å². The summed E-state index contributed by atoms with van der Waals surface area (Å²) in [6.45, 7) is 7.70. The predicted molar refractivity (Wildman–Crippen MR) is 112 cm³/mol. The average Bonchev–Trinajstić information content (AvgIpc) is 2.67. The maximum Gasteiger partial charge on any atom is 0.252 e. The Labute approximate surface area is 172 Å². The number of rotatable bonds is 2. The fourth-order valence-electron chi connectivity index (χ4n) is 4.99. The molecule has 2 heterocycles. The van der Waals surface area contributed by atoms with Gasteiger partial charge in [-0.3, -0.25) is 9.59 Å². The van der Waals surface area contributed by atoms with Crippen LogP contribution in [-0.2, 0) is 9.59 Å². The molecule has 1 saturated heterocycles. The number of phenolic OH excluding ortho intramolecular Hbond substituents is 1. The van der Waals surface area contributed by atoms with Gasteiger partial charge in [-0.25, -0.2) is 0 Å². The van der Waals surface area contributed by atoms with Crippen molar-refractivity contribution in [3.8, 4) is 5.75 Å². The molecule has 0 unspecified atom stereocenters. The lowest BCUT2D eigenvalue weighted by molar-refractivity contribution is -0.128. The normalized spacial score (nSPS) is 24.3. The first kappa shape index (κ1) is 19.7. The summed E-state index contributed by atoms with van der Waals surface area (Å²) >= 11 is 0. The van der Waals surface area contributed by atoms with E-state index in [1.165, 1.54) is 0 Å². The Morgan fingerprint density at radius 3 is 2.41 bits per heavy atom. The third-order valence-electron chi connectivity index (χ3n) is 6.34. The van der Waals surface area contributed by atoms with Crippen molar-refractivity contribution in [2.75, 3.05) is 13.1 Å². The summed E-state index contributed by atoms with van der Waals surface area (Å²) in [5.74, 6) is -0.0716. The van der Waals surface area contributed by atoms with Crippen LogP contribution in [0.5, 0.6) is 5.75 Å². The first-order valence-electron chi connectivity index (χ1n) is 10.6. The van der Waals surface area contributed by atoms with Crippen molar-refractivity contribution < 1.29 is 14.7 Å². The van der Waals surface area contributed by atoms with E-state index in [1.54, 1.807) is 12.1 Å². The van der Waals surface area contributed by atoms with E-state index in [-0.39, 0.29) is 28.8 Å². The standard InChI is InChI=1S/C24H30N2O3/c1-15-20(23(29)26-11-5-4-6-12-26)21(16-7-9-17(27)10-8-16)22-18(25-15)13-24(2,3)14-19(22)28/h7-10,21,25,27H,4-6,11-14H2,1-3H3/t21-/m1/s1. The molecule has 0 spiro atoms. The molecular weight excluding hydrogens is 364 g/mol. The van der Waals surface area contributed by atoms with E-state index >= 15 is 0 Å². The smallest absolute Gasteiger partial charge is 0.252 e. The van der Waals surface area contributed by atoms with E-state index < -0.39 is 0 Å². The molecular formula is C24H30N2O3. The van der Waals surface area contributed by atoms with Gasteiger partial charge in [0.2, 0.25) is 0 Å². The van der Waals surface area contributed by atoms with Crippen molar-refractivity contribution in [1.29, 1.82) is 0 Å². The summed E-state index contributed by atoms with van der Waals surface area (Å²) < 4.78 is 0. The van der Waals surface area contributed by atoms with E-state index in [2.05, 4.69) is 19.2 Å². The number of Topliss-reactive ketones (excluding diaryl/α,β-unsaturated/α-hetero) is 1. The van der Waals surface area contributed by atoms with Gasteiger partial charge in [-0.05, 0) is 55.7 Å². The van der Waals surface area contributed by atoms with Gasteiger partial charge in [-0.2, -0.15) is 0 Å². The SMILES string of the molecule is CC1=C(C(=O)N2CCCCC2)[C@@H](c2ccc(O)cc2)C2=C(CC(C)(C)CC2=O)N1. The van der Waals surface area contributed by atoms with Crippen LogP contribution in [0.4, 0.5) is 0 Å². The van der Waals surface area contributed by atoms with E-state index in [0.717, 1.165) is 61.3 Å². The number of hydrogen-bond donors (Lipinski definition) is 2. The number of carbonyl (C=O) groups excluding carboxylic acids is 2. The van der Waals surface area contributed by atoms with E-state index in [4.69, 9.17) is 0 Å². The van der Waals surface area contributed by atoms with Gasteiger partial charge in [0.25, 0.3) is 5.91 Å². The second kappa shape index (κ2) is 7.36. The molecule has 1 aliphatic carbocycles. The number of ketones is 1. The number of amides is 1. The van der Waals surface area contributed by atoms with Gasteiger partial charge in [0.15, 0.2) is 5.78 Å². The largest absolute Gasteiger partial charge is 0.508 e. The van der Waals surface area contributed by atoms with Crippen LogP contribution >= 0.6 is 0 Å². The molecule has 1 atom stereocenters. The number of nitrogens with one attached hydrogen (secondary N) is 1. The monoisotopic (exact) mass is 394 g/mol. The van der Waals surface area contributed by atoms with Gasteiger partial charge in [-0.1, -0.05) is 26.0 Å². The Hall–Kier alpha value is -2.56. The fourth-order valence-corrected chi connectivity index (χ4v) is 4.99. The van der Waals surface area contributed by atoms with Crippen LogP contribution in [-0.4, -0.2) is 34.8 Å². The second-order valence-corrected chi connectivity index (χ2v) is 9.37. The maximum absolute atomic E-state index is 13.6. The number of allylic oxidation sites excluding steroid dienone is 3. The molecule has 1 aromatic carbocycles. The van der Waals surface area contributed by atoms with Gasteiger partial charge < -0.3 is 15.3 Å². The van der Waals surface area contributed by atoms with Crippen LogP contribution in [0.15, 0.2) is 46.8 Å².